The van der Waals surface area contributed by atoms with Crippen molar-refractivity contribution in [3.8, 4) is 12.3 Å². The Morgan fingerprint density at radius 1 is 1.04 bits per heavy atom. The van der Waals surface area contributed by atoms with Crippen molar-refractivity contribution in [1.82, 2.24) is 0 Å². The smallest absolute Gasteiger partial charge is 0.297 e. The number of hydrogen-bond acceptors (Lipinski definition) is 4. The molecule has 0 saturated heterocycles. The van der Waals surface area contributed by atoms with Gasteiger partial charge in [0.15, 0.2) is 0 Å². The van der Waals surface area contributed by atoms with Crippen molar-refractivity contribution >= 4 is 10.1 Å². The molecule has 0 heterocycles. The van der Waals surface area contributed by atoms with E-state index in [-0.39, 0.29) is 11.0 Å². The van der Waals surface area contributed by atoms with E-state index in [2.05, 4.69) is 5.92 Å². The van der Waals surface area contributed by atoms with Crippen LogP contribution in [0.2, 0.25) is 0 Å². The second-order valence-electron chi connectivity index (χ2n) is 6.24. The molecule has 0 amide bonds. The van der Waals surface area contributed by atoms with Crippen LogP contribution in [0.3, 0.4) is 0 Å². The van der Waals surface area contributed by atoms with Gasteiger partial charge in [-0.25, -0.2) is 0 Å². The van der Waals surface area contributed by atoms with E-state index in [9.17, 15) is 8.42 Å². The fraction of sp³-hybridized carbons (Fsp3) is 0.333. The van der Waals surface area contributed by atoms with Gasteiger partial charge in [-0.2, -0.15) is 8.42 Å². The lowest BCUT2D eigenvalue weighted by atomic mass is 10.1. The summed E-state index contributed by atoms with van der Waals surface area (Å²) in [5.41, 5.74) is 2.84. The minimum Gasteiger partial charge on any atom is -0.374 e. The summed E-state index contributed by atoms with van der Waals surface area (Å²) in [4.78, 5) is 0.165. The molecule has 2 aromatic carbocycles. The van der Waals surface area contributed by atoms with Crippen LogP contribution in [0.5, 0.6) is 0 Å². The van der Waals surface area contributed by atoms with E-state index in [4.69, 9.17) is 15.3 Å². The van der Waals surface area contributed by atoms with Gasteiger partial charge in [-0.3, -0.25) is 4.18 Å². The lowest BCUT2D eigenvalue weighted by Crippen LogP contribution is -2.18. The van der Waals surface area contributed by atoms with Gasteiger partial charge in [0.05, 0.1) is 17.1 Å². The molecule has 0 aliphatic rings. The van der Waals surface area contributed by atoms with Gasteiger partial charge in [0.2, 0.25) is 0 Å². The first-order chi connectivity index (χ1) is 12.3. The highest BCUT2D eigenvalue weighted by atomic mass is 32.2. The van der Waals surface area contributed by atoms with Crippen LogP contribution in [-0.2, 0) is 19.0 Å². The van der Waals surface area contributed by atoms with E-state index >= 15 is 0 Å². The summed E-state index contributed by atoms with van der Waals surface area (Å²) in [6, 6.07) is 14.2. The van der Waals surface area contributed by atoms with Gasteiger partial charge in [0.1, 0.15) is 0 Å². The Kier molecular flexibility index (Phi) is 6.98. The molecule has 2 unspecified atom stereocenters. The van der Waals surface area contributed by atoms with Crippen LogP contribution in [0, 0.1) is 19.3 Å². The Hall–Kier alpha value is -2.13. The molecule has 0 radical (unpaired) electrons. The summed E-state index contributed by atoms with van der Waals surface area (Å²) in [5.74, 6) is 2.58. The highest BCUT2D eigenvalue weighted by molar-refractivity contribution is 7.86. The van der Waals surface area contributed by atoms with Gasteiger partial charge in [-0.1, -0.05) is 35.7 Å². The third-order valence-corrected chi connectivity index (χ3v) is 5.47. The molecule has 0 spiro atoms. The van der Waals surface area contributed by atoms with Gasteiger partial charge < -0.3 is 4.74 Å². The molecule has 0 bridgehead atoms. The van der Waals surface area contributed by atoms with Crippen molar-refractivity contribution in [3.05, 3.63) is 65.2 Å². The molecule has 138 valence electrons. The summed E-state index contributed by atoms with van der Waals surface area (Å²) < 4.78 is 35.5. The van der Waals surface area contributed by atoms with Crippen LogP contribution in [-0.4, -0.2) is 21.1 Å². The van der Waals surface area contributed by atoms with Crippen LogP contribution in [0.1, 0.15) is 43.1 Å². The monoisotopic (exact) mass is 372 g/mol. The third-order valence-electron chi connectivity index (χ3n) is 4.04. The van der Waals surface area contributed by atoms with Gasteiger partial charge in [0, 0.05) is 12.2 Å². The van der Waals surface area contributed by atoms with E-state index in [0.29, 0.717) is 13.0 Å². The molecule has 4 nitrogen and oxygen atoms in total. The van der Waals surface area contributed by atoms with E-state index in [1.54, 1.807) is 31.2 Å². The average Bonchev–Trinajstić information content (AvgIpc) is 2.61. The van der Waals surface area contributed by atoms with Gasteiger partial charge in [0.25, 0.3) is 10.1 Å². The first-order valence-corrected chi connectivity index (χ1v) is 9.91. The fourth-order valence-corrected chi connectivity index (χ4v) is 3.49. The molecule has 2 atom stereocenters. The maximum Gasteiger partial charge on any atom is 0.297 e. The number of aryl methyl sites for hydroxylation is 1. The quantitative estimate of drug-likeness (QED) is 0.514. The summed E-state index contributed by atoms with van der Waals surface area (Å²) in [6.07, 6.45) is 5.23. The molecule has 0 fully saturated rings. The Morgan fingerprint density at radius 3 is 2.23 bits per heavy atom. The van der Waals surface area contributed by atoms with Crippen molar-refractivity contribution < 1.29 is 17.3 Å². The van der Waals surface area contributed by atoms with Crippen LogP contribution < -0.4 is 0 Å². The van der Waals surface area contributed by atoms with Gasteiger partial charge >= 0.3 is 0 Å². The maximum absolute atomic E-state index is 12.3. The molecule has 0 aromatic heterocycles. The molecule has 5 heteroatoms. The topological polar surface area (TPSA) is 52.6 Å². The molecule has 0 saturated carbocycles. The highest BCUT2D eigenvalue weighted by Crippen LogP contribution is 2.19. The second-order valence-corrected chi connectivity index (χ2v) is 7.81. The van der Waals surface area contributed by atoms with Crippen molar-refractivity contribution in [3.63, 3.8) is 0 Å². The molecule has 26 heavy (non-hydrogen) atoms. The number of rotatable bonds is 8. The number of ether oxygens (including phenoxy) is 1. The van der Waals surface area contributed by atoms with Gasteiger partial charge in [-0.05, 0) is 57.0 Å². The molecule has 2 rings (SSSR count). The lowest BCUT2D eigenvalue weighted by Gasteiger charge is -2.17. The van der Waals surface area contributed by atoms with Crippen molar-refractivity contribution in [1.29, 1.82) is 0 Å². The standard InChI is InChI=1S/C21H24O4S/c1-5-19-8-10-20(11-9-19)18(4)24-15-14-17(3)25-26(22,23)21-12-6-16(2)7-13-21/h1,6-13,17-18H,14-15H2,2-4H3. The van der Waals surface area contributed by atoms with E-state index < -0.39 is 16.2 Å². The highest BCUT2D eigenvalue weighted by Gasteiger charge is 2.19. The molecule has 0 N–H and O–H groups in total. The predicted molar refractivity (Wildman–Crippen MR) is 102 cm³/mol. The Balaban J connectivity index is 1.83. The minimum atomic E-state index is -3.76. The maximum atomic E-state index is 12.3. The zero-order chi connectivity index (χ0) is 19.2. The summed E-state index contributed by atoms with van der Waals surface area (Å²) >= 11 is 0. The van der Waals surface area contributed by atoms with Crippen LogP contribution in [0.15, 0.2) is 53.4 Å². The zero-order valence-corrected chi connectivity index (χ0v) is 16.1. The van der Waals surface area contributed by atoms with Crippen molar-refractivity contribution in [2.24, 2.45) is 0 Å². The predicted octanol–water partition coefficient (Wildman–Crippen LogP) is 4.24. The van der Waals surface area contributed by atoms with Crippen LogP contribution in [0.25, 0.3) is 0 Å². The Labute approximate surface area is 156 Å². The molecule has 0 aliphatic heterocycles. The second kappa shape index (κ2) is 9.00. The van der Waals surface area contributed by atoms with Crippen LogP contribution >= 0.6 is 0 Å². The summed E-state index contributed by atoms with van der Waals surface area (Å²) in [6.45, 7) is 5.96. The van der Waals surface area contributed by atoms with E-state index in [1.165, 1.54) is 0 Å². The Bertz CT molecular complexity index is 846. The first-order valence-electron chi connectivity index (χ1n) is 8.50. The largest absolute Gasteiger partial charge is 0.374 e. The van der Waals surface area contributed by atoms with Crippen molar-refractivity contribution in [2.45, 2.75) is 44.3 Å². The normalized spacial score (nSPS) is 13.8. The lowest BCUT2D eigenvalue weighted by molar-refractivity contribution is 0.0465. The SMILES string of the molecule is C#Cc1ccc(C(C)OCCC(C)OS(=O)(=O)c2ccc(C)cc2)cc1. The summed E-state index contributed by atoms with van der Waals surface area (Å²) in [5, 5.41) is 0. The van der Waals surface area contributed by atoms with E-state index in [0.717, 1.165) is 16.7 Å². The van der Waals surface area contributed by atoms with Crippen molar-refractivity contribution in [2.75, 3.05) is 6.61 Å². The summed E-state index contributed by atoms with van der Waals surface area (Å²) in [7, 11) is -3.76. The molecular weight excluding hydrogens is 348 g/mol. The number of hydrogen-bond donors (Lipinski definition) is 0. The number of benzene rings is 2. The molecular formula is C21H24O4S. The third kappa shape index (κ3) is 5.70. The minimum absolute atomic E-state index is 0.109. The zero-order valence-electron chi connectivity index (χ0n) is 15.3. The average molecular weight is 372 g/mol. The molecule has 2 aromatic rings. The molecule has 0 aliphatic carbocycles. The van der Waals surface area contributed by atoms with Gasteiger partial charge in [-0.15, -0.1) is 6.42 Å². The van der Waals surface area contributed by atoms with Crippen LogP contribution in [0.4, 0.5) is 0 Å². The number of terminal acetylenes is 1. The Morgan fingerprint density at radius 2 is 1.65 bits per heavy atom. The van der Waals surface area contributed by atoms with E-state index in [1.807, 2.05) is 38.1 Å². The fourth-order valence-electron chi connectivity index (χ4n) is 2.38. The first kappa shape index (κ1) is 20.2.